The van der Waals surface area contributed by atoms with E-state index in [1.165, 1.54) is 23.1 Å². The van der Waals surface area contributed by atoms with E-state index in [-0.39, 0.29) is 5.69 Å². The number of amides is 2. The number of non-ortho nitro benzene ring substituents is 1. The Labute approximate surface area is 120 Å². The molecule has 0 aliphatic carbocycles. The van der Waals surface area contributed by atoms with Gasteiger partial charge in [0.1, 0.15) is 0 Å². The zero-order valence-electron chi connectivity index (χ0n) is 11.4. The average Bonchev–Trinajstić information content (AvgIpc) is 2.81. The largest absolute Gasteiger partial charge is 0.481 e. The predicted molar refractivity (Wildman–Crippen MR) is 74.0 cm³/mol. The molecule has 2 amide bonds. The van der Waals surface area contributed by atoms with Gasteiger partial charge in [-0.3, -0.25) is 14.9 Å². The number of carboxylic acids is 1. The lowest BCUT2D eigenvalue weighted by atomic mass is 10.0. The Morgan fingerprint density at radius 1 is 1.48 bits per heavy atom. The van der Waals surface area contributed by atoms with Crippen LogP contribution in [0.15, 0.2) is 24.3 Å². The minimum Gasteiger partial charge on any atom is -0.481 e. The van der Waals surface area contributed by atoms with E-state index in [0.29, 0.717) is 18.7 Å². The van der Waals surface area contributed by atoms with Gasteiger partial charge in [0.05, 0.1) is 10.8 Å². The molecule has 1 heterocycles. The third kappa shape index (κ3) is 3.10. The maximum absolute atomic E-state index is 12.1. The van der Waals surface area contributed by atoms with Gasteiger partial charge in [-0.1, -0.05) is 6.07 Å². The van der Waals surface area contributed by atoms with Crippen LogP contribution in [0.2, 0.25) is 0 Å². The second-order valence-electron chi connectivity index (χ2n) is 4.90. The molecule has 0 spiro atoms. The third-order valence-electron chi connectivity index (χ3n) is 3.64. The van der Waals surface area contributed by atoms with E-state index in [9.17, 15) is 19.7 Å². The van der Waals surface area contributed by atoms with Crippen molar-refractivity contribution >= 4 is 23.4 Å². The molecular formula is C13H15N3O5. The van der Waals surface area contributed by atoms with Crippen molar-refractivity contribution in [3.63, 3.8) is 0 Å². The van der Waals surface area contributed by atoms with E-state index in [2.05, 4.69) is 5.32 Å². The van der Waals surface area contributed by atoms with Crippen LogP contribution in [0.1, 0.15) is 13.3 Å². The molecule has 0 radical (unpaired) electrons. The molecule has 2 unspecified atom stereocenters. The summed E-state index contributed by atoms with van der Waals surface area (Å²) in [6.07, 6.45) is 0.402. The molecule has 1 aliphatic heterocycles. The van der Waals surface area contributed by atoms with Gasteiger partial charge in [-0.25, -0.2) is 4.79 Å². The number of nitro benzene ring substituents is 1. The number of hydrogen-bond acceptors (Lipinski definition) is 4. The van der Waals surface area contributed by atoms with Gasteiger partial charge in [-0.05, 0) is 19.4 Å². The van der Waals surface area contributed by atoms with E-state index in [1.54, 1.807) is 13.0 Å². The summed E-state index contributed by atoms with van der Waals surface area (Å²) in [5.74, 6) is -1.51. The van der Waals surface area contributed by atoms with Crippen molar-refractivity contribution in [2.45, 2.75) is 19.4 Å². The number of carbonyl (C=O) groups excluding carboxylic acids is 1. The molecule has 2 atom stereocenters. The molecule has 1 aromatic carbocycles. The Morgan fingerprint density at radius 2 is 2.19 bits per heavy atom. The molecule has 8 heteroatoms. The van der Waals surface area contributed by atoms with Gasteiger partial charge in [0.15, 0.2) is 0 Å². The first kappa shape index (κ1) is 14.8. The summed E-state index contributed by atoms with van der Waals surface area (Å²) >= 11 is 0. The van der Waals surface area contributed by atoms with Crippen LogP contribution in [0, 0.1) is 16.0 Å². The van der Waals surface area contributed by atoms with Gasteiger partial charge in [0, 0.05) is 30.4 Å². The smallest absolute Gasteiger partial charge is 0.322 e. The average molecular weight is 293 g/mol. The molecule has 2 N–H and O–H groups in total. The number of nitrogens with one attached hydrogen (secondary N) is 1. The van der Waals surface area contributed by atoms with E-state index in [4.69, 9.17) is 5.11 Å². The van der Waals surface area contributed by atoms with Crippen molar-refractivity contribution in [3.05, 3.63) is 34.4 Å². The van der Waals surface area contributed by atoms with Gasteiger partial charge in [-0.2, -0.15) is 0 Å². The molecule has 112 valence electrons. The third-order valence-corrected chi connectivity index (χ3v) is 3.64. The number of hydrogen-bond donors (Lipinski definition) is 2. The summed E-state index contributed by atoms with van der Waals surface area (Å²) < 4.78 is 0. The second kappa shape index (κ2) is 5.78. The van der Waals surface area contributed by atoms with Crippen LogP contribution in [-0.4, -0.2) is 39.5 Å². The molecule has 1 aliphatic rings. The number of benzene rings is 1. The normalized spacial score (nSPS) is 21.1. The van der Waals surface area contributed by atoms with Crippen molar-refractivity contribution in [1.29, 1.82) is 0 Å². The molecule has 0 aromatic heterocycles. The van der Waals surface area contributed by atoms with Crippen molar-refractivity contribution in [2.24, 2.45) is 5.92 Å². The van der Waals surface area contributed by atoms with Crippen LogP contribution in [0.4, 0.5) is 16.2 Å². The first-order valence-electron chi connectivity index (χ1n) is 6.45. The Hall–Kier alpha value is -2.64. The number of anilines is 1. The number of urea groups is 1. The van der Waals surface area contributed by atoms with Crippen LogP contribution >= 0.6 is 0 Å². The molecule has 1 saturated heterocycles. The van der Waals surface area contributed by atoms with Gasteiger partial charge in [-0.15, -0.1) is 0 Å². The van der Waals surface area contributed by atoms with E-state index in [1.807, 2.05) is 0 Å². The van der Waals surface area contributed by atoms with Gasteiger partial charge >= 0.3 is 12.0 Å². The van der Waals surface area contributed by atoms with Crippen molar-refractivity contribution in [2.75, 3.05) is 11.9 Å². The van der Waals surface area contributed by atoms with E-state index in [0.717, 1.165) is 0 Å². The van der Waals surface area contributed by atoms with Crippen LogP contribution in [-0.2, 0) is 4.79 Å². The minimum atomic E-state index is -0.923. The van der Waals surface area contributed by atoms with Gasteiger partial charge in [0.2, 0.25) is 0 Å². The summed E-state index contributed by atoms with van der Waals surface area (Å²) in [7, 11) is 0. The first-order valence-corrected chi connectivity index (χ1v) is 6.45. The Morgan fingerprint density at radius 3 is 2.76 bits per heavy atom. The van der Waals surface area contributed by atoms with Crippen LogP contribution in [0.25, 0.3) is 0 Å². The molecular weight excluding hydrogens is 278 g/mol. The highest BCUT2D eigenvalue weighted by Gasteiger charge is 2.38. The number of nitro groups is 1. The number of carboxylic acid groups (broad SMARTS) is 1. The summed E-state index contributed by atoms with van der Waals surface area (Å²) in [6.45, 7) is 2.03. The summed E-state index contributed by atoms with van der Waals surface area (Å²) in [5, 5.41) is 22.3. The predicted octanol–water partition coefficient (Wildman–Crippen LogP) is 1.92. The zero-order chi connectivity index (χ0) is 15.6. The second-order valence-corrected chi connectivity index (χ2v) is 4.90. The lowest BCUT2D eigenvalue weighted by Gasteiger charge is -2.23. The Bertz CT molecular complexity index is 589. The molecule has 1 aromatic rings. The minimum absolute atomic E-state index is 0.120. The highest BCUT2D eigenvalue weighted by atomic mass is 16.6. The van der Waals surface area contributed by atoms with Crippen molar-refractivity contribution < 1.29 is 19.6 Å². The summed E-state index contributed by atoms with van der Waals surface area (Å²) in [4.78, 5) is 34.7. The fraction of sp³-hybridized carbons (Fsp3) is 0.385. The maximum atomic E-state index is 12.1. The molecule has 21 heavy (non-hydrogen) atoms. The quantitative estimate of drug-likeness (QED) is 0.653. The first-order chi connectivity index (χ1) is 9.90. The number of aliphatic carboxylic acids is 1. The standard InChI is InChI=1S/C13H15N3O5/c1-8-11(12(17)18)5-6-15(8)13(19)14-9-3-2-4-10(7-9)16(20)21/h2-4,7-8,11H,5-6H2,1H3,(H,14,19)(H,17,18). The van der Waals surface area contributed by atoms with E-state index >= 15 is 0 Å². The highest BCUT2D eigenvalue weighted by molar-refractivity contribution is 5.90. The molecule has 0 bridgehead atoms. The number of carbonyl (C=O) groups is 2. The lowest BCUT2D eigenvalue weighted by Crippen LogP contribution is -2.40. The molecule has 1 fully saturated rings. The SMILES string of the molecule is CC1C(C(=O)O)CCN1C(=O)Nc1cccc([N+](=O)[O-])c1. The van der Waals surface area contributed by atoms with Crippen LogP contribution in [0.5, 0.6) is 0 Å². The maximum Gasteiger partial charge on any atom is 0.322 e. The summed E-state index contributed by atoms with van der Waals surface area (Å²) in [6, 6.07) is 4.73. The Kier molecular flexibility index (Phi) is 4.06. The van der Waals surface area contributed by atoms with Gasteiger partial charge in [0.25, 0.3) is 5.69 Å². The fourth-order valence-corrected chi connectivity index (χ4v) is 2.45. The zero-order valence-corrected chi connectivity index (χ0v) is 11.4. The molecule has 8 nitrogen and oxygen atoms in total. The van der Waals surface area contributed by atoms with E-state index < -0.39 is 28.9 Å². The molecule has 2 rings (SSSR count). The van der Waals surface area contributed by atoms with Crippen LogP contribution in [0.3, 0.4) is 0 Å². The number of likely N-dealkylation sites (tertiary alicyclic amines) is 1. The topological polar surface area (TPSA) is 113 Å². The Balaban J connectivity index is 2.07. The van der Waals surface area contributed by atoms with Crippen LogP contribution < -0.4 is 5.32 Å². The number of rotatable bonds is 3. The summed E-state index contributed by atoms with van der Waals surface area (Å²) in [5.41, 5.74) is 0.186. The number of nitrogens with zero attached hydrogens (tertiary/aromatic N) is 2. The van der Waals surface area contributed by atoms with Gasteiger partial charge < -0.3 is 15.3 Å². The van der Waals surface area contributed by atoms with Crippen molar-refractivity contribution in [3.8, 4) is 0 Å². The fourth-order valence-electron chi connectivity index (χ4n) is 2.45. The monoisotopic (exact) mass is 293 g/mol. The molecule has 0 saturated carbocycles. The van der Waals surface area contributed by atoms with Crippen molar-refractivity contribution in [1.82, 2.24) is 4.90 Å². The highest BCUT2D eigenvalue weighted by Crippen LogP contribution is 2.25. The lowest BCUT2D eigenvalue weighted by molar-refractivity contribution is -0.384.